The van der Waals surface area contributed by atoms with Crippen LogP contribution in [-0.2, 0) is 4.74 Å². The molecule has 0 spiro atoms. The van der Waals surface area contributed by atoms with Crippen molar-refractivity contribution in [3.05, 3.63) is 24.0 Å². The monoisotopic (exact) mass is 170 g/mol. The lowest BCUT2D eigenvalue weighted by Gasteiger charge is -1.99. The van der Waals surface area contributed by atoms with E-state index in [1.54, 1.807) is 6.92 Å². The van der Waals surface area contributed by atoms with Crippen molar-refractivity contribution in [3.63, 3.8) is 0 Å². The Morgan fingerprint density at radius 2 is 2.50 bits per heavy atom. The first-order chi connectivity index (χ1) is 5.75. The number of nitrogens with zero attached hydrogens (tertiary/aromatic N) is 2. The van der Waals surface area contributed by atoms with Crippen LogP contribution in [0.1, 0.15) is 17.3 Å². The number of carbonyl (C=O) groups is 1. The van der Waals surface area contributed by atoms with E-state index in [9.17, 15) is 9.18 Å². The minimum atomic E-state index is -0.858. The average Bonchev–Trinajstić information content (AvgIpc) is 2.05. The van der Waals surface area contributed by atoms with Gasteiger partial charge in [0, 0.05) is 6.20 Å². The van der Waals surface area contributed by atoms with Crippen LogP contribution in [0.25, 0.3) is 0 Å². The molecular formula is C7H7FN2O2. The zero-order valence-corrected chi connectivity index (χ0v) is 6.45. The summed E-state index contributed by atoms with van der Waals surface area (Å²) < 4.78 is 17.3. The summed E-state index contributed by atoms with van der Waals surface area (Å²) in [6.45, 7) is 1.84. The predicted octanol–water partition coefficient (Wildman–Crippen LogP) is 0.792. The number of halogens is 1. The first-order valence-electron chi connectivity index (χ1n) is 3.38. The van der Waals surface area contributed by atoms with E-state index in [0.717, 1.165) is 12.5 Å². The molecule has 1 aromatic rings. The number of hydrogen-bond acceptors (Lipinski definition) is 4. The van der Waals surface area contributed by atoms with Crippen LogP contribution in [0.5, 0.6) is 0 Å². The number of hydrogen-bond donors (Lipinski definition) is 0. The molecule has 0 bridgehead atoms. The Kier molecular flexibility index (Phi) is 2.68. The van der Waals surface area contributed by atoms with Crippen LogP contribution < -0.4 is 0 Å². The Morgan fingerprint density at radius 1 is 1.75 bits per heavy atom. The van der Waals surface area contributed by atoms with Crippen molar-refractivity contribution >= 4 is 5.97 Å². The molecule has 0 aliphatic rings. The normalized spacial score (nSPS) is 9.50. The van der Waals surface area contributed by atoms with E-state index in [1.165, 1.54) is 0 Å². The van der Waals surface area contributed by atoms with Gasteiger partial charge >= 0.3 is 5.97 Å². The van der Waals surface area contributed by atoms with Gasteiger partial charge in [-0.15, -0.1) is 0 Å². The lowest BCUT2D eigenvalue weighted by molar-refractivity contribution is 0.0519. The summed E-state index contributed by atoms with van der Waals surface area (Å²) in [5.41, 5.74) is -0.237. The summed E-state index contributed by atoms with van der Waals surface area (Å²) in [5, 5.41) is 0. The van der Waals surface area contributed by atoms with Crippen molar-refractivity contribution in [2.75, 3.05) is 6.61 Å². The van der Waals surface area contributed by atoms with Crippen LogP contribution in [0.15, 0.2) is 12.5 Å². The third kappa shape index (κ3) is 1.75. The third-order valence-corrected chi connectivity index (χ3v) is 1.16. The van der Waals surface area contributed by atoms with Gasteiger partial charge in [-0.05, 0) is 6.92 Å². The van der Waals surface area contributed by atoms with E-state index in [2.05, 4.69) is 14.7 Å². The molecule has 0 atom stereocenters. The number of ether oxygens (including phenoxy) is 1. The standard InChI is InChI=1S/C7H7FN2O2/c1-2-12-7(11)5-3-9-4-10-6(5)8/h3-4H,2H2,1H3. The summed E-state index contributed by atoms with van der Waals surface area (Å²) in [5.74, 6) is -1.60. The second-order valence-corrected chi connectivity index (χ2v) is 1.95. The van der Waals surface area contributed by atoms with Crippen molar-refractivity contribution in [2.45, 2.75) is 6.92 Å². The first kappa shape index (κ1) is 8.58. The summed E-state index contributed by atoms with van der Waals surface area (Å²) in [6, 6.07) is 0. The molecule has 0 fully saturated rings. The second kappa shape index (κ2) is 3.75. The van der Waals surface area contributed by atoms with E-state index < -0.39 is 11.9 Å². The molecule has 0 amide bonds. The lowest BCUT2D eigenvalue weighted by atomic mass is 10.3. The molecule has 5 heteroatoms. The maximum absolute atomic E-state index is 12.7. The van der Waals surface area contributed by atoms with Gasteiger partial charge in [0.25, 0.3) is 0 Å². The fraction of sp³-hybridized carbons (Fsp3) is 0.286. The van der Waals surface area contributed by atoms with Crippen LogP contribution in [-0.4, -0.2) is 22.5 Å². The van der Waals surface area contributed by atoms with Crippen LogP contribution in [0, 0.1) is 5.95 Å². The SMILES string of the molecule is CCOC(=O)c1cncnc1F. The number of esters is 1. The summed E-state index contributed by atoms with van der Waals surface area (Å²) >= 11 is 0. The predicted molar refractivity (Wildman–Crippen MR) is 37.9 cm³/mol. The van der Waals surface area contributed by atoms with Crippen molar-refractivity contribution in [1.29, 1.82) is 0 Å². The minimum Gasteiger partial charge on any atom is -0.462 e. The number of carbonyl (C=O) groups excluding carboxylic acids is 1. The molecule has 0 unspecified atom stereocenters. The molecule has 1 rings (SSSR count). The molecule has 0 N–H and O–H groups in total. The van der Waals surface area contributed by atoms with Gasteiger partial charge < -0.3 is 4.74 Å². The minimum absolute atomic E-state index is 0.202. The number of aromatic nitrogens is 2. The van der Waals surface area contributed by atoms with Crippen molar-refractivity contribution in [3.8, 4) is 0 Å². The van der Waals surface area contributed by atoms with Gasteiger partial charge in [-0.1, -0.05) is 0 Å². The Hall–Kier alpha value is -1.52. The van der Waals surface area contributed by atoms with E-state index in [-0.39, 0.29) is 12.2 Å². The molecule has 64 valence electrons. The molecule has 0 saturated heterocycles. The highest BCUT2D eigenvalue weighted by molar-refractivity contribution is 5.88. The van der Waals surface area contributed by atoms with Gasteiger partial charge in [0.05, 0.1) is 6.61 Å². The largest absolute Gasteiger partial charge is 0.462 e. The van der Waals surface area contributed by atoms with Crippen LogP contribution >= 0.6 is 0 Å². The Balaban J connectivity index is 2.87. The summed E-state index contributed by atoms with van der Waals surface area (Å²) in [6.07, 6.45) is 2.11. The van der Waals surface area contributed by atoms with Crippen molar-refractivity contribution < 1.29 is 13.9 Å². The smallest absolute Gasteiger partial charge is 0.344 e. The van der Waals surface area contributed by atoms with Crippen molar-refractivity contribution in [2.24, 2.45) is 0 Å². The van der Waals surface area contributed by atoms with E-state index in [4.69, 9.17) is 0 Å². The molecule has 0 aromatic carbocycles. The lowest BCUT2D eigenvalue weighted by Crippen LogP contribution is -2.08. The van der Waals surface area contributed by atoms with E-state index >= 15 is 0 Å². The Morgan fingerprint density at radius 3 is 3.08 bits per heavy atom. The highest BCUT2D eigenvalue weighted by Gasteiger charge is 2.12. The van der Waals surface area contributed by atoms with Gasteiger partial charge in [0.2, 0.25) is 5.95 Å². The average molecular weight is 170 g/mol. The zero-order chi connectivity index (χ0) is 8.97. The first-order valence-corrected chi connectivity index (χ1v) is 3.38. The fourth-order valence-corrected chi connectivity index (χ4v) is 0.660. The van der Waals surface area contributed by atoms with Gasteiger partial charge in [0.1, 0.15) is 11.9 Å². The second-order valence-electron chi connectivity index (χ2n) is 1.95. The molecule has 1 aromatic heterocycles. The topological polar surface area (TPSA) is 52.1 Å². The van der Waals surface area contributed by atoms with E-state index in [1.807, 2.05) is 0 Å². The number of rotatable bonds is 2. The molecule has 1 heterocycles. The molecule has 0 radical (unpaired) electrons. The molecule has 12 heavy (non-hydrogen) atoms. The summed E-state index contributed by atoms with van der Waals surface area (Å²) in [7, 11) is 0. The van der Waals surface area contributed by atoms with Crippen LogP contribution in [0.3, 0.4) is 0 Å². The molecule has 0 saturated carbocycles. The fourth-order valence-electron chi connectivity index (χ4n) is 0.660. The maximum Gasteiger partial charge on any atom is 0.344 e. The van der Waals surface area contributed by atoms with Gasteiger partial charge in [0.15, 0.2) is 0 Å². The molecule has 4 nitrogen and oxygen atoms in total. The van der Waals surface area contributed by atoms with Crippen LogP contribution in [0.2, 0.25) is 0 Å². The van der Waals surface area contributed by atoms with Crippen LogP contribution in [0.4, 0.5) is 4.39 Å². The third-order valence-electron chi connectivity index (χ3n) is 1.16. The highest BCUT2D eigenvalue weighted by Crippen LogP contribution is 2.02. The molecular weight excluding hydrogens is 163 g/mol. The quantitative estimate of drug-likeness (QED) is 0.486. The Labute approximate surface area is 68.4 Å². The van der Waals surface area contributed by atoms with Gasteiger partial charge in [-0.2, -0.15) is 4.39 Å². The molecule has 0 aliphatic heterocycles. The van der Waals surface area contributed by atoms with Gasteiger partial charge in [-0.25, -0.2) is 14.8 Å². The van der Waals surface area contributed by atoms with Gasteiger partial charge in [-0.3, -0.25) is 0 Å². The zero-order valence-electron chi connectivity index (χ0n) is 6.45. The molecule has 0 aliphatic carbocycles. The van der Waals surface area contributed by atoms with Crippen molar-refractivity contribution in [1.82, 2.24) is 9.97 Å². The highest BCUT2D eigenvalue weighted by atomic mass is 19.1. The maximum atomic E-state index is 12.7. The Bertz CT molecular complexity index is 290. The van der Waals surface area contributed by atoms with E-state index in [0.29, 0.717) is 0 Å². The summed E-state index contributed by atoms with van der Waals surface area (Å²) in [4.78, 5) is 17.6.